The first-order valence-electron chi connectivity index (χ1n) is 7.13. The quantitative estimate of drug-likeness (QED) is 0.836. The summed E-state index contributed by atoms with van der Waals surface area (Å²) in [5, 5.41) is 3.68. The van der Waals surface area contributed by atoms with Crippen LogP contribution in [0.3, 0.4) is 0 Å². The Morgan fingerprint density at radius 1 is 1.38 bits per heavy atom. The highest BCUT2D eigenvalue weighted by Gasteiger charge is 2.22. The Morgan fingerprint density at radius 3 is 2.62 bits per heavy atom. The molecule has 0 saturated carbocycles. The molecule has 1 aromatic rings. The molecule has 1 aliphatic rings. The Kier molecular flexibility index (Phi) is 5.42. The lowest BCUT2D eigenvalue weighted by atomic mass is 10.1. The van der Waals surface area contributed by atoms with Crippen LogP contribution in [-0.2, 0) is 4.79 Å². The largest absolute Gasteiger partial charge is 0.389 e. The van der Waals surface area contributed by atoms with E-state index in [0.717, 1.165) is 37.2 Å². The molecule has 1 unspecified atom stereocenters. The average molecular weight is 326 g/mol. The van der Waals surface area contributed by atoms with Gasteiger partial charge in [-0.15, -0.1) is 0 Å². The van der Waals surface area contributed by atoms with Gasteiger partial charge in [0.2, 0.25) is 5.91 Å². The lowest BCUT2D eigenvalue weighted by Crippen LogP contribution is -2.43. The lowest BCUT2D eigenvalue weighted by molar-refractivity contribution is -0.132. The molecule has 0 radical (unpaired) electrons. The molecule has 1 aliphatic heterocycles. The number of hydrogen-bond donors (Lipinski definition) is 2. The van der Waals surface area contributed by atoms with Crippen LogP contribution in [0.4, 0.5) is 5.69 Å². The summed E-state index contributed by atoms with van der Waals surface area (Å²) in [5.74, 6) is 0.115. The maximum atomic E-state index is 12.4. The molecule has 3 N–H and O–H groups in total. The zero-order valence-electron chi connectivity index (χ0n) is 12.1. The van der Waals surface area contributed by atoms with Gasteiger partial charge in [-0.3, -0.25) is 4.79 Å². The van der Waals surface area contributed by atoms with Crippen LogP contribution in [0, 0.1) is 0 Å². The number of benzene rings is 1. The molecular formula is C15H20ClN3OS. The highest BCUT2D eigenvalue weighted by molar-refractivity contribution is 7.80. The van der Waals surface area contributed by atoms with E-state index in [9.17, 15) is 4.79 Å². The third kappa shape index (κ3) is 4.08. The number of nitrogens with one attached hydrogen (secondary N) is 1. The second-order valence-electron chi connectivity index (χ2n) is 5.31. The minimum Gasteiger partial charge on any atom is -0.389 e. The van der Waals surface area contributed by atoms with Crippen LogP contribution in [0.1, 0.15) is 31.7 Å². The summed E-state index contributed by atoms with van der Waals surface area (Å²) in [4.78, 5) is 14.6. The number of rotatable bonds is 4. The number of likely N-dealkylation sites (tertiary alicyclic amines) is 1. The van der Waals surface area contributed by atoms with Crippen LogP contribution >= 0.6 is 23.8 Å². The van der Waals surface area contributed by atoms with Crippen molar-refractivity contribution in [3.8, 4) is 0 Å². The normalized spacial score (nSPS) is 16.4. The Hall–Kier alpha value is -1.33. The van der Waals surface area contributed by atoms with Crippen molar-refractivity contribution in [2.24, 2.45) is 5.73 Å². The summed E-state index contributed by atoms with van der Waals surface area (Å²) < 4.78 is 0. The van der Waals surface area contributed by atoms with Crippen LogP contribution < -0.4 is 11.1 Å². The molecule has 0 aromatic heterocycles. The molecule has 1 atom stereocenters. The fourth-order valence-electron chi connectivity index (χ4n) is 2.47. The number of carbonyl (C=O) groups is 1. The summed E-state index contributed by atoms with van der Waals surface area (Å²) in [7, 11) is 0. The van der Waals surface area contributed by atoms with E-state index in [4.69, 9.17) is 29.6 Å². The molecule has 2 rings (SSSR count). The number of piperidine rings is 1. The summed E-state index contributed by atoms with van der Waals surface area (Å²) in [6, 6.07) is 5.01. The molecule has 1 saturated heterocycles. The van der Waals surface area contributed by atoms with Gasteiger partial charge in [0.1, 0.15) is 11.0 Å². The van der Waals surface area contributed by atoms with Crippen LogP contribution in [0.5, 0.6) is 0 Å². The number of thiocarbonyl (C=S) groups is 1. The standard InChI is InChI=1S/C15H20ClN3OS/c1-10(15(20)19-7-3-2-4-8-19)18-13-6-5-11(14(17)21)9-12(13)16/h5-6,9-10,18H,2-4,7-8H2,1H3,(H2,17,21). The van der Waals surface area contributed by atoms with Crippen molar-refractivity contribution >= 4 is 40.4 Å². The predicted molar refractivity (Wildman–Crippen MR) is 90.9 cm³/mol. The van der Waals surface area contributed by atoms with E-state index in [-0.39, 0.29) is 11.9 Å². The molecule has 21 heavy (non-hydrogen) atoms. The zero-order valence-corrected chi connectivity index (χ0v) is 13.6. The van der Waals surface area contributed by atoms with Gasteiger partial charge in [-0.25, -0.2) is 0 Å². The molecule has 4 nitrogen and oxygen atoms in total. The van der Waals surface area contributed by atoms with Gasteiger partial charge in [0.15, 0.2) is 0 Å². The van der Waals surface area contributed by atoms with Gasteiger partial charge in [-0.05, 0) is 44.4 Å². The molecule has 1 amide bonds. The Labute approximate surface area is 135 Å². The van der Waals surface area contributed by atoms with Crippen molar-refractivity contribution in [3.63, 3.8) is 0 Å². The van der Waals surface area contributed by atoms with Gasteiger partial charge in [0.25, 0.3) is 0 Å². The van der Waals surface area contributed by atoms with E-state index in [1.54, 1.807) is 18.2 Å². The van der Waals surface area contributed by atoms with E-state index in [1.165, 1.54) is 6.42 Å². The van der Waals surface area contributed by atoms with E-state index in [1.807, 2.05) is 11.8 Å². The van der Waals surface area contributed by atoms with E-state index in [2.05, 4.69) is 5.32 Å². The molecule has 0 aliphatic carbocycles. The summed E-state index contributed by atoms with van der Waals surface area (Å²) in [5.41, 5.74) is 7.01. The number of anilines is 1. The number of nitrogens with two attached hydrogens (primary N) is 1. The van der Waals surface area contributed by atoms with Gasteiger partial charge in [0.05, 0.1) is 10.7 Å². The Morgan fingerprint density at radius 2 is 2.05 bits per heavy atom. The smallest absolute Gasteiger partial charge is 0.244 e. The van der Waals surface area contributed by atoms with Crippen molar-refractivity contribution in [3.05, 3.63) is 28.8 Å². The summed E-state index contributed by atoms with van der Waals surface area (Å²) in [6.45, 7) is 3.55. The number of hydrogen-bond acceptors (Lipinski definition) is 3. The molecule has 1 fully saturated rings. The van der Waals surface area contributed by atoms with Gasteiger partial charge in [-0.2, -0.15) is 0 Å². The fraction of sp³-hybridized carbons (Fsp3) is 0.467. The molecule has 0 spiro atoms. The molecule has 114 valence electrons. The van der Waals surface area contributed by atoms with E-state index in [0.29, 0.717) is 10.0 Å². The second kappa shape index (κ2) is 7.09. The van der Waals surface area contributed by atoms with Crippen LogP contribution in [0.2, 0.25) is 5.02 Å². The summed E-state index contributed by atoms with van der Waals surface area (Å²) in [6.07, 6.45) is 3.38. The highest BCUT2D eigenvalue weighted by atomic mass is 35.5. The third-order valence-corrected chi connectivity index (χ3v) is 4.21. The topological polar surface area (TPSA) is 58.4 Å². The number of carbonyl (C=O) groups excluding carboxylic acids is 1. The second-order valence-corrected chi connectivity index (χ2v) is 6.16. The Balaban J connectivity index is 2.03. The first kappa shape index (κ1) is 16.0. The SMILES string of the molecule is CC(Nc1ccc(C(N)=S)cc1Cl)C(=O)N1CCCCC1. The highest BCUT2D eigenvalue weighted by Crippen LogP contribution is 2.24. The maximum absolute atomic E-state index is 12.4. The van der Waals surface area contributed by atoms with Gasteiger partial charge < -0.3 is 16.0 Å². The first-order chi connectivity index (χ1) is 9.99. The van der Waals surface area contributed by atoms with Crippen molar-refractivity contribution in [1.82, 2.24) is 4.90 Å². The molecule has 0 bridgehead atoms. The van der Waals surface area contributed by atoms with E-state index >= 15 is 0 Å². The minimum absolute atomic E-state index is 0.115. The van der Waals surface area contributed by atoms with Crippen molar-refractivity contribution < 1.29 is 4.79 Å². The fourth-order valence-corrected chi connectivity index (χ4v) is 2.83. The van der Waals surface area contributed by atoms with Crippen molar-refractivity contribution in [1.29, 1.82) is 0 Å². The van der Waals surface area contributed by atoms with Crippen LogP contribution in [0.15, 0.2) is 18.2 Å². The Bertz CT molecular complexity index is 544. The van der Waals surface area contributed by atoms with Crippen molar-refractivity contribution in [2.45, 2.75) is 32.2 Å². The lowest BCUT2D eigenvalue weighted by Gasteiger charge is -2.30. The predicted octanol–water partition coefficient (Wildman–Crippen LogP) is 2.79. The molecular weight excluding hydrogens is 306 g/mol. The van der Waals surface area contributed by atoms with Crippen LogP contribution in [-0.4, -0.2) is 34.9 Å². The monoisotopic (exact) mass is 325 g/mol. The third-order valence-electron chi connectivity index (χ3n) is 3.66. The van der Waals surface area contributed by atoms with E-state index < -0.39 is 0 Å². The minimum atomic E-state index is -0.309. The molecule has 1 aromatic carbocycles. The van der Waals surface area contributed by atoms with Crippen molar-refractivity contribution in [2.75, 3.05) is 18.4 Å². The first-order valence-corrected chi connectivity index (χ1v) is 7.92. The van der Waals surface area contributed by atoms with Crippen LogP contribution in [0.25, 0.3) is 0 Å². The average Bonchev–Trinajstić information content (AvgIpc) is 2.49. The number of halogens is 1. The number of nitrogens with zero attached hydrogens (tertiary/aromatic N) is 1. The maximum Gasteiger partial charge on any atom is 0.244 e. The van der Waals surface area contributed by atoms with Gasteiger partial charge in [0, 0.05) is 18.7 Å². The number of amides is 1. The van der Waals surface area contributed by atoms with Gasteiger partial charge >= 0.3 is 0 Å². The molecule has 6 heteroatoms. The van der Waals surface area contributed by atoms with Gasteiger partial charge in [-0.1, -0.05) is 23.8 Å². The zero-order chi connectivity index (χ0) is 15.4. The summed E-state index contributed by atoms with van der Waals surface area (Å²) >= 11 is 11.1. The molecule has 1 heterocycles.